The zero-order valence-corrected chi connectivity index (χ0v) is 5.55. The Balaban J connectivity index is 2.12. The van der Waals surface area contributed by atoms with Crippen molar-refractivity contribution in [3.05, 3.63) is 0 Å². The minimum Gasteiger partial charge on any atom is -0.352 e. The summed E-state index contributed by atoms with van der Waals surface area (Å²) in [5, 5.41) is 2.79. The first kappa shape index (κ1) is 6.55. The number of hydrogen-bond donors (Lipinski definition) is 2. The fourth-order valence-corrected chi connectivity index (χ4v) is 0.689. The predicted molar refractivity (Wildman–Crippen MR) is 34.8 cm³/mol. The predicted octanol–water partition coefficient (Wildman–Crippen LogP) is -0.388. The molecule has 0 aromatic heterocycles. The summed E-state index contributed by atoms with van der Waals surface area (Å²) >= 11 is 0. The Morgan fingerprint density at radius 2 is 2.44 bits per heavy atom. The van der Waals surface area contributed by atoms with E-state index in [4.69, 9.17) is 5.73 Å². The fourth-order valence-electron chi connectivity index (χ4n) is 0.689. The molecule has 0 heterocycles. The van der Waals surface area contributed by atoms with Gasteiger partial charge in [0, 0.05) is 18.5 Å². The number of amides is 1. The van der Waals surface area contributed by atoms with E-state index in [0.717, 1.165) is 6.42 Å². The topological polar surface area (TPSA) is 55.1 Å². The summed E-state index contributed by atoms with van der Waals surface area (Å²) in [7, 11) is 0. The average Bonchev–Trinajstić information content (AvgIpc) is 2.47. The highest BCUT2D eigenvalue weighted by atomic mass is 16.1. The molecule has 1 aliphatic rings. The van der Waals surface area contributed by atoms with E-state index in [1.165, 1.54) is 0 Å². The summed E-state index contributed by atoms with van der Waals surface area (Å²) in [5.41, 5.74) is 5.45. The van der Waals surface area contributed by atoms with E-state index in [-0.39, 0.29) is 18.0 Å². The lowest BCUT2D eigenvalue weighted by Crippen LogP contribution is -2.28. The van der Waals surface area contributed by atoms with Crippen molar-refractivity contribution in [2.75, 3.05) is 0 Å². The molecular formula is C6H12N2O. The van der Waals surface area contributed by atoms with E-state index < -0.39 is 0 Å². The van der Waals surface area contributed by atoms with E-state index in [1.54, 1.807) is 0 Å². The average molecular weight is 128 g/mol. The largest absolute Gasteiger partial charge is 0.352 e. The van der Waals surface area contributed by atoms with E-state index in [1.807, 2.05) is 6.92 Å². The highest BCUT2D eigenvalue weighted by molar-refractivity contribution is 5.76. The molecule has 2 unspecified atom stereocenters. The van der Waals surface area contributed by atoms with Crippen LogP contribution in [0.4, 0.5) is 0 Å². The third-order valence-electron chi connectivity index (χ3n) is 1.51. The van der Waals surface area contributed by atoms with Gasteiger partial charge in [0.2, 0.25) is 5.91 Å². The standard InChI is InChI=1S/C6H12N2O/c1-2-6(9)8-5-3-4(5)7/h4-5H,2-3,7H2,1H3,(H,8,9). The summed E-state index contributed by atoms with van der Waals surface area (Å²) in [6.07, 6.45) is 1.51. The Labute approximate surface area is 54.6 Å². The second kappa shape index (κ2) is 2.35. The second-order valence-electron chi connectivity index (χ2n) is 2.43. The number of nitrogens with one attached hydrogen (secondary N) is 1. The number of rotatable bonds is 2. The van der Waals surface area contributed by atoms with Gasteiger partial charge >= 0.3 is 0 Å². The van der Waals surface area contributed by atoms with Crippen LogP contribution in [-0.4, -0.2) is 18.0 Å². The minimum atomic E-state index is 0.105. The maximum absolute atomic E-state index is 10.6. The molecule has 2 atom stereocenters. The molecule has 0 radical (unpaired) electrons. The zero-order chi connectivity index (χ0) is 6.85. The monoisotopic (exact) mass is 128 g/mol. The number of hydrogen-bond acceptors (Lipinski definition) is 2. The summed E-state index contributed by atoms with van der Waals surface area (Å²) in [6, 6.07) is 0.498. The fraction of sp³-hybridized carbons (Fsp3) is 0.833. The smallest absolute Gasteiger partial charge is 0.219 e. The molecule has 52 valence electrons. The lowest BCUT2D eigenvalue weighted by Gasteiger charge is -1.97. The molecule has 0 aliphatic heterocycles. The van der Waals surface area contributed by atoms with Crippen molar-refractivity contribution in [1.29, 1.82) is 0 Å². The molecule has 3 nitrogen and oxygen atoms in total. The highest BCUT2D eigenvalue weighted by Gasteiger charge is 2.34. The molecule has 1 amide bonds. The summed E-state index contributed by atoms with van der Waals surface area (Å²) < 4.78 is 0. The van der Waals surface area contributed by atoms with Gasteiger partial charge in [0.05, 0.1) is 0 Å². The maximum atomic E-state index is 10.6. The Hall–Kier alpha value is -0.570. The van der Waals surface area contributed by atoms with Gasteiger partial charge in [0.25, 0.3) is 0 Å². The molecule has 0 bridgehead atoms. The molecule has 9 heavy (non-hydrogen) atoms. The van der Waals surface area contributed by atoms with Crippen LogP contribution in [0.3, 0.4) is 0 Å². The molecule has 1 rings (SSSR count). The Morgan fingerprint density at radius 1 is 1.89 bits per heavy atom. The zero-order valence-electron chi connectivity index (χ0n) is 5.55. The molecule has 3 N–H and O–H groups in total. The Morgan fingerprint density at radius 3 is 2.78 bits per heavy atom. The van der Waals surface area contributed by atoms with Crippen molar-refractivity contribution in [2.45, 2.75) is 31.8 Å². The molecule has 1 saturated carbocycles. The summed E-state index contributed by atoms with van der Waals surface area (Å²) in [4.78, 5) is 10.6. The van der Waals surface area contributed by atoms with Gasteiger partial charge in [-0.2, -0.15) is 0 Å². The van der Waals surface area contributed by atoms with Gasteiger partial charge in [-0.05, 0) is 6.42 Å². The normalized spacial score (nSPS) is 31.8. The molecule has 0 aromatic carbocycles. The van der Waals surface area contributed by atoms with Gasteiger partial charge in [-0.3, -0.25) is 4.79 Å². The summed E-state index contributed by atoms with van der Waals surface area (Å²) in [5.74, 6) is 0.105. The third kappa shape index (κ3) is 1.68. The van der Waals surface area contributed by atoms with Crippen molar-refractivity contribution in [3.63, 3.8) is 0 Å². The van der Waals surface area contributed by atoms with Crippen LogP contribution in [0.1, 0.15) is 19.8 Å². The van der Waals surface area contributed by atoms with Crippen molar-refractivity contribution < 1.29 is 4.79 Å². The summed E-state index contributed by atoms with van der Waals surface area (Å²) in [6.45, 7) is 1.84. The molecular weight excluding hydrogens is 116 g/mol. The van der Waals surface area contributed by atoms with Crippen LogP contribution in [0.2, 0.25) is 0 Å². The van der Waals surface area contributed by atoms with E-state index in [9.17, 15) is 4.79 Å². The molecule has 1 aliphatic carbocycles. The molecule has 0 spiro atoms. The SMILES string of the molecule is CCC(=O)NC1CC1N. The van der Waals surface area contributed by atoms with Crippen LogP contribution < -0.4 is 11.1 Å². The second-order valence-corrected chi connectivity index (χ2v) is 2.43. The van der Waals surface area contributed by atoms with Crippen LogP contribution in [0.5, 0.6) is 0 Å². The molecule has 0 aromatic rings. The first-order chi connectivity index (χ1) is 4.24. The van der Waals surface area contributed by atoms with Gasteiger partial charge in [0.15, 0.2) is 0 Å². The van der Waals surface area contributed by atoms with E-state index in [2.05, 4.69) is 5.32 Å². The van der Waals surface area contributed by atoms with Gasteiger partial charge in [0.1, 0.15) is 0 Å². The minimum absolute atomic E-state index is 0.105. The van der Waals surface area contributed by atoms with Gasteiger partial charge < -0.3 is 11.1 Å². The lowest BCUT2D eigenvalue weighted by atomic mass is 10.4. The molecule has 0 saturated heterocycles. The van der Waals surface area contributed by atoms with E-state index >= 15 is 0 Å². The van der Waals surface area contributed by atoms with Crippen molar-refractivity contribution in [2.24, 2.45) is 5.73 Å². The van der Waals surface area contributed by atoms with Crippen LogP contribution in [0, 0.1) is 0 Å². The van der Waals surface area contributed by atoms with Crippen molar-refractivity contribution in [3.8, 4) is 0 Å². The van der Waals surface area contributed by atoms with Crippen LogP contribution in [0.15, 0.2) is 0 Å². The third-order valence-corrected chi connectivity index (χ3v) is 1.51. The highest BCUT2D eigenvalue weighted by Crippen LogP contribution is 2.17. The molecule has 3 heteroatoms. The molecule has 1 fully saturated rings. The Kier molecular flexibility index (Phi) is 1.71. The lowest BCUT2D eigenvalue weighted by molar-refractivity contribution is -0.120. The first-order valence-electron chi connectivity index (χ1n) is 3.29. The van der Waals surface area contributed by atoms with Crippen LogP contribution in [0.25, 0.3) is 0 Å². The van der Waals surface area contributed by atoms with Crippen molar-refractivity contribution >= 4 is 5.91 Å². The van der Waals surface area contributed by atoms with Gasteiger partial charge in [-0.1, -0.05) is 6.92 Å². The quantitative estimate of drug-likeness (QED) is 0.532. The Bertz CT molecular complexity index is 124. The van der Waals surface area contributed by atoms with Crippen LogP contribution >= 0.6 is 0 Å². The number of carbonyl (C=O) groups excluding carboxylic acids is 1. The van der Waals surface area contributed by atoms with Gasteiger partial charge in [-0.15, -0.1) is 0 Å². The van der Waals surface area contributed by atoms with Crippen LogP contribution in [-0.2, 0) is 4.79 Å². The number of carbonyl (C=O) groups is 1. The van der Waals surface area contributed by atoms with Gasteiger partial charge in [-0.25, -0.2) is 0 Å². The van der Waals surface area contributed by atoms with E-state index in [0.29, 0.717) is 6.42 Å². The number of nitrogens with two attached hydrogens (primary N) is 1. The van der Waals surface area contributed by atoms with Crippen molar-refractivity contribution in [1.82, 2.24) is 5.32 Å². The first-order valence-corrected chi connectivity index (χ1v) is 3.29. The maximum Gasteiger partial charge on any atom is 0.219 e.